The first-order valence-corrected chi connectivity index (χ1v) is 12.1. The van der Waals surface area contributed by atoms with E-state index in [1.807, 2.05) is 12.1 Å². The number of nitrogens with zero attached hydrogens (tertiary/aromatic N) is 1. The highest BCUT2D eigenvalue weighted by Crippen LogP contribution is 2.48. The molecular formula is C28H43NO2. The molecule has 0 unspecified atom stereocenters. The smallest absolute Gasteiger partial charge is 0.0761 e. The summed E-state index contributed by atoms with van der Waals surface area (Å²) in [7, 11) is 2.21. The molecule has 3 nitrogen and oxygen atoms in total. The van der Waals surface area contributed by atoms with Gasteiger partial charge in [0.25, 0.3) is 0 Å². The molecule has 0 aliphatic heterocycles. The minimum Gasteiger partial charge on any atom is -0.392 e. The number of fused-ring (bicyclic) bond motifs is 1. The van der Waals surface area contributed by atoms with Crippen molar-refractivity contribution in [2.24, 2.45) is 17.8 Å². The summed E-state index contributed by atoms with van der Waals surface area (Å²) in [6.07, 6.45) is 12.0. The van der Waals surface area contributed by atoms with Gasteiger partial charge in [-0.05, 0) is 90.8 Å². The van der Waals surface area contributed by atoms with Crippen LogP contribution in [0.5, 0.6) is 0 Å². The Hall–Kier alpha value is -1.42. The van der Waals surface area contributed by atoms with Crippen LogP contribution in [0.4, 0.5) is 0 Å². The van der Waals surface area contributed by atoms with E-state index in [1.54, 1.807) is 5.57 Å². The van der Waals surface area contributed by atoms with Crippen LogP contribution in [0.25, 0.3) is 0 Å². The van der Waals surface area contributed by atoms with Crippen LogP contribution in [0.1, 0.15) is 64.0 Å². The number of allylic oxidation sites excluding steroid dienone is 2. The van der Waals surface area contributed by atoms with Crippen molar-refractivity contribution in [3.63, 3.8) is 0 Å². The average Bonchev–Trinajstić information content (AvgIpc) is 3.19. The van der Waals surface area contributed by atoms with E-state index in [0.29, 0.717) is 18.3 Å². The Kier molecular flexibility index (Phi) is 8.18. The van der Waals surface area contributed by atoms with Crippen molar-refractivity contribution in [1.29, 1.82) is 0 Å². The van der Waals surface area contributed by atoms with Crippen molar-refractivity contribution in [3.05, 3.63) is 59.2 Å². The monoisotopic (exact) mass is 425 g/mol. The normalized spacial score (nSPS) is 27.2. The number of unbranched alkanes of at least 4 members (excludes halogenated alkanes) is 1. The summed E-state index contributed by atoms with van der Waals surface area (Å²) in [6, 6.07) is 8.31. The van der Waals surface area contributed by atoms with E-state index >= 15 is 0 Å². The van der Waals surface area contributed by atoms with E-state index in [4.69, 9.17) is 0 Å². The van der Waals surface area contributed by atoms with Crippen LogP contribution >= 0.6 is 0 Å². The second kappa shape index (κ2) is 10.5. The average molecular weight is 426 g/mol. The van der Waals surface area contributed by atoms with Crippen molar-refractivity contribution in [1.82, 2.24) is 4.90 Å². The third-order valence-corrected chi connectivity index (χ3v) is 7.42. The molecule has 1 aromatic rings. The van der Waals surface area contributed by atoms with Crippen molar-refractivity contribution >= 4 is 0 Å². The maximum Gasteiger partial charge on any atom is 0.0761 e. The van der Waals surface area contributed by atoms with Gasteiger partial charge in [-0.1, -0.05) is 53.6 Å². The zero-order valence-corrected chi connectivity index (χ0v) is 20.2. The van der Waals surface area contributed by atoms with Gasteiger partial charge >= 0.3 is 0 Å². The number of hydrogen-bond donors (Lipinski definition) is 2. The molecule has 1 saturated carbocycles. The largest absolute Gasteiger partial charge is 0.392 e. The molecular weight excluding hydrogens is 382 g/mol. The second-order valence-corrected chi connectivity index (χ2v) is 10.9. The fraction of sp³-hybridized carbons (Fsp3) is 0.643. The van der Waals surface area contributed by atoms with Gasteiger partial charge in [-0.15, -0.1) is 0 Å². The summed E-state index contributed by atoms with van der Waals surface area (Å²) < 4.78 is 0. The topological polar surface area (TPSA) is 43.7 Å². The molecule has 3 heteroatoms. The zero-order chi connectivity index (χ0) is 22.6. The number of rotatable bonds is 9. The van der Waals surface area contributed by atoms with E-state index in [0.717, 1.165) is 24.9 Å². The summed E-state index contributed by atoms with van der Waals surface area (Å²) in [4.78, 5) is 2.43. The predicted molar refractivity (Wildman–Crippen MR) is 130 cm³/mol. The van der Waals surface area contributed by atoms with Gasteiger partial charge in [0.2, 0.25) is 0 Å². The van der Waals surface area contributed by atoms with Crippen LogP contribution in [0.3, 0.4) is 0 Å². The maximum atomic E-state index is 10.6. The zero-order valence-electron chi connectivity index (χ0n) is 20.2. The fourth-order valence-electron chi connectivity index (χ4n) is 5.23. The summed E-state index contributed by atoms with van der Waals surface area (Å²) in [6.45, 7) is 10.0. The third-order valence-electron chi connectivity index (χ3n) is 7.42. The molecule has 0 saturated heterocycles. The summed E-state index contributed by atoms with van der Waals surface area (Å²) in [5, 5.41) is 21.1. The van der Waals surface area contributed by atoms with E-state index in [-0.39, 0.29) is 17.6 Å². The molecule has 2 N–H and O–H groups in total. The van der Waals surface area contributed by atoms with Gasteiger partial charge in [-0.3, -0.25) is 0 Å². The number of aliphatic hydroxyl groups excluding tert-OH is 2. The molecule has 1 aromatic carbocycles. The molecule has 172 valence electrons. The summed E-state index contributed by atoms with van der Waals surface area (Å²) in [5.74, 6) is 1.17. The number of hydrogen-bond acceptors (Lipinski definition) is 3. The van der Waals surface area contributed by atoms with Crippen LogP contribution in [0.2, 0.25) is 0 Å². The lowest BCUT2D eigenvalue weighted by atomic mass is 9.88. The summed E-state index contributed by atoms with van der Waals surface area (Å²) in [5.41, 5.74) is 4.20. The highest BCUT2D eigenvalue weighted by atomic mass is 16.3. The Labute approximate surface area is 189 Å². The number of aryl methyl sites for hydroxylation is 1. The minimum absolute atomic E-state index is 0.165. The molecule has 1 fully saturated rings. The molecule has 0 radical (unpaired) electrons. The van der Waals surface area contributed by atoms with Crippen LogP contribution in [-0.2, 0) is 6.42 Å². The van der Waals surface area contributed by atoms with Crippen LogP contribution in [0, 0.1) is 24.7 Å². The molecule has 0 amide bonds. The lowest BCUT2D eigenvalue weighted by Crippen LogP contribution is -2.38. The molecule has 0 aromatic heterocycles. The molecule has 2 aliphatic rings. The second-order valence-electron chi connectivity index (χ2n) is 10.9. The maximum absolute atomic E-state index is 10.6. The van der Waals surface area contributed by atoms with Crippen molar-refractivity contribution in [3.8, 4) is 0 Å². The third kappa shape index (κ3) is 6.78. The van der Waals surface area contributed by atoms with Crippen LogP contribution < -0.4 is 0 Å². The Morgan fingerprint density at radius 1 is 1.23 bits per heavy atom. The fourth-order valence-corrected chi connectivity index (χ4v) is 5.23. The highest BCUT2D eigenvalue weighted by Gasteiger charge is 2.43. The van der Waals surface area contributed by atoms with E-state index < -0.39 is 6.10 Å². The Balaban J connectivity index is 1.46. The van der Waals surface area contributed by atoms with Gasteiger partial charge in [0.15, 0.2) is 0 Å². The van der Waals surface area contributed by atoms with Gasteiger partial charge in [0.05, 0.1) is 12.2 Å². The first-order chi connectivity index (χ1) is 14.6. The van der Waals surface area contributed by atoms with E-state index in [1.165, 1.54) is 24.8 Å². The van der Waals surface area contributed by atoms with E-state index in [2.05, 4.69) is 70.0 Å². The van der Waals surface area contributed by atoms with Crippen LogP contribution in [0.15, 0.2) is 48.1 Å². The standard InChI is InChI=1S/C28H43NO2/c1-20-9-8-11-21(15-20)17-24(30)12-13-25-26-18-22(16-23(26)19-27(25)31)10-6-7-14-29(5)28(2,3)4/h8-9,11-13,15-16,23-27,30-31H,6-7,10,14,17-19H2,1-5H3/b13-12+/t23-,24-,25+,26-,27+/m0/s1. The van der Waals surface area contributed by atoms with Crippen LogP contribution in [-0.4, -0.2) is 46.5 Å². The Morgan fingerprint density at radius 2 is 2.00 bits per heavy atom. The first kappa shape index (κ1) is 24.2. The molecule has 0 spiro atoms. The number of aliphatic hydroxyl groups is 2. The van der Waals surface area contributed by atoms with Gasteiger partial charge in [-0.25, -0.2) is 0 Å². The molecule has 3 rings (SSSR count). The summed E-state index contributed by atoms with van der Waals surface area (Å²) >= 11 is 0. The molecule has 31 heavy (non-hydrogen) atoms. The molecule has 0 heterocycles. The highest BCUT2D eigenvalue weighted by molar-refractivity contribution is 5.24. The molecule has 5 atom stereocenters. The van der Waals surface area contributed by atoms with Crippen molar-refractivity contribution < 1.29 is 10.2 Å². The van der Waals surface area contributed by atoms with Gasteiger partial charge < -0.3 is 15.1 Å². The van der Waals surface area contributed by atoms with Gasteiger partial charge in [0, 0.05) is 17.9 Å². The van der Waals surface area contributed by atoms with E-state index in [9.17, 15) is 10.2 Å². The van der Waals surface area contributed by atoms with Gasteiger partial charge in [0.1, 0.15) is 0 Å². The Morgan fingerprint density at radius 3 is 2.71 bits per heavy atom. The van der Waals surface area contributed by atoms with Crippen molar-refractivity contribution in [2.75, 3.05) is 13.6 Å². The number of benzene rings is 1. The predicted octanol–water partition coefficient (Wildman–Crippen LogP) is 5.30. The molecule has 2 aliphatic carbocycles. The quantitative estimate of drug-likeness (QED) is 0.417. The first-order valence-electron chi connectivity index (χ1n) is 12.1. The lowest BCUT2D eigenvalue weighted by Gasteiger charge is -2.31. The van der Waals surface area contributed by atoms with Crippen molar-refractivity contribution in [2.45, 2.75) is 84.0 Å². The van der Waals surface area contributed by atoms with Gasteiger partial charge in [-0.2, -0.15) is 0 Å². The Bertz CT molecular complexity index is 775. The molecule has 0 bridgehead atoms. The minimum atomic E-state index is -0.498. The SMILES string of the molecule is Cc1cccc(C[C@@H](O)/C=C/[C@@H]2[C@H]3CC(CCCCN(C)C(C)(C)C)=C[C@H]3C[C@H]2O)c1. The lowest BCUT2D eigenvalue weighted by molar-refractivity contribution is 0.140.